The molecule has 4 aromatic rings. The van der Waals surface area contributed by atoms with Crippen molar-refractivity contribution in [1.82, 2.24) is 29.8 Å². The third kappa shape index (κ3) is 10.5. The molecule has 4 atom stereocenters. The summed E-state index contributed by atoms with van der Waals surface area (Å²) < 4.78 is 10.2. The molecule has 324 valence electrons. The Morgan fingerprint density at radius 1 is 0.733 bits per heavy atom. The van der Waals surface area contributed by atoms with Crippen LogP contribution in [0, 0.1) is 10.8 Å². The third-order valence-electron chi connectivity index (χ3n) is 12.4. The van der Waals surface area contributed by atoms with Crippen molar-refractivity contribution in [1.29, 1.82) is 0 Å². The Kier molecular flexibility index (Phi) is 13.9. The van der Waals surface area contributed by atoms with Gasteiger partial charge in [0.15, 0.2) is 0 Å². The zero-order valence-corrected chi connectivity index (χ0v) is 39.0. The summed E-state index contributed by atoms with van der Waals surface area (Å²) in [6, 6.07) is 13.8. The van der Waals surface area contributed by atoms with E-state index in [-0.39, 0.29) is 42.5 Å². The number of carbonyl (C=O) groups excluding carboxylic acids is 3. The van der Waals surface area contributed by atoms with Gasteiger partial charge in [0.1, 0.15) is 6.61 Å². The average molecular weight is 896 g/mol. The molecule has 8 rings (SSSR count). The molecule has 4 unspecified atom stereocenters. The number of amides is 1. The van der Waals surface area contributed by atoms with Crippen LogP contribution in [-0.2, 0) is 30.4 Å². The summed E-state index contributed by atoms with van der Waals surface area (Å²) in [7, 11) is 0. The van der Waals surface area contributed by atoms with Crippen LogP contribution in [0.1, 0.15) is 147 Å². The molecule has 4 saturated heterocycles. The summed E-state index contributed by atoms with van der Waals surface area (Å²) in [5.74, 6) is 0.772. The number of piperidine rings is 2. The van der Waals surface area contributed by atoms with Crippen LogP contribution in [-0.4, -0.2) is 73.1 Å². The summed E-state index contributed by atoms with van der Waals surface area (Å²) in [6.45, 7) is 15.5. The van der Waals surface area contributed by atoms with E-state index in [1.807, 2.05) is 64.6 Å². The van der Waals surface area contributed by atoms with E-state index in [9.17, 15) is 14.4 Å². The van der Waals surface area contributed by atoms with Crippen molar-refractivity contribution in [3.05, 3.63) is 90.3 Å². The van der Waals surface area contributed by atoms with Gasteiger partial charge in [-0.2, -0.15) is 10.2 Å². The second kappa shape index (κ2) is 18.6. The van der Waals surface area contributed by atoms with Gasteiger partial charge >= 0.3 is 6.09 Å². The molecule has 60 heavy (non-hydrogen) atoms. The second-order valence-electron chi connectivity index (χ2n) is 19.1. The van der Waals surface area contributed by atoms with Gasteiger partial charge in [0.2, 0.25) is 0 Å². The lowest BCUT2D eigenvalue weighted by molar-refractivity contribution is 0.0716. The van der Waals surface area contributed by atoms with Gasteiger partial charge in [0, 0.05) is 68.0 Å². The first-order chi connectivity index (χ1) is 28.5. The third-order valence-corrected chi connectivity index (χ3v) is 14.9. The molecule has 0 aromatic carbocycles. The fourth-order valence-electron chi connectivity index (χ4n) is 9.32. The van der Waals surface area contributed by atoms with Gasteiger partial charge < -0.3 is 15.0 Å². The lowest BCUT2D eigenvalue weighted by atomic mass is 9.88. The number of nitrogens with one attached hydrogen (secondary N) is 1. The maximum atomic E-state index is 13.2. The highest BCUT2D eigenvalue weighted by Gasteiger charge is 2.45. The molecule has 0 aliphatic carbocycles. The minimum absolute atomic E-state index is 0.00127. The Labute approximate surface area is 373 Å². The maximum absolute atomic E-state index is 13.2. The number of halogens is 2. The van der Waals surface area contributed by atoms with Gasteiger partial charge in [-0.15, -0.1) is 22.7 Å². The minimum atomic E-state index is -0.526. The smallest absolute Gasteiger partial charge is 0.410 e. The van der Waals surface area contributed by atoms with Crippen LogP contribution in [0.2, 0.25) is 8.67 Å². The summed E-state index contributed by atoms with van der Waals surface area (Å²) in [4.78, 5) is 43.1. The summed E-state index contributed by atoms with van der Waals surface area (Å²) in [6.07, 6.45) is 13.1. The fraction of sp³-hybridized carbons (Fsp3) is 0.587. The summed E-state index contributed by atoms with van der Waals surface area (Å²) in [5.41, 5.74) is 3.06. The lowest BCUT2D eigenvalue weighted by Gasteiger charge is -2.37. The SMILES string of the molecule is C=CCOC(=O)N1C2CCC1CC(c1cc(CCc3ccc(Cl)s3)n(C(=O)C(C)(C)C)n1)C2.CC(C)(C)C(=O)n1nc(C2CC3CCC(C2)N3)cc1CCc1ccc(Cl)s1. The molecule has 4 aliphatic rings. The van der Waals surface area contributed by atoms with Crippen LogP contribution >= 0.6 is 45.9 Å². The highest BCUT2D eigenvalue weighted by molar-refractivity contribution is 7.16. The predicted octanol–water partition coefficient (Wildman–Crippen LogP) is 11.2. The monoisotopic (exact) mass is 894 g/mol. The number of thiophene rings is 2. The average Bonchev–Trinajstić information content (AvgIpc) is 4.07. The molecule has 0 spiro atoms. The van der Waals surface area contributed by atoms with Gasteiger partial charge in [-0.3, -0.25) is 9.59 Å². The van der Waals surface area contributed by atoms with Crippen molar-refractivity contribution in [2.24, 2.45) is 10.8 Å². The molecule has 4 aromatic heterocycles. The van der Waals surface area contributed by atoms with Gasteiger partial charge in [0.05, 0.1) is 20.1 Å². The molecule has 0 radical (unpaired) electrons. The minimum Gasteiger partial charge on any atom is -0.445 e. The molecule has 14 heteroatoms. The van der Waals surface area contributed by atoms with Crippen LogP contribution in [0.5, 0.6) is 0 Å². The lowest BCUT2D eigenvalue weighted by Crippen LogP contribution is -2.46. The highest BCUT2D eigenvalue weighted by atomic mass is 35.5. The number of rotatable bonds is 10. The molecule has 10 nitrogen and oxygen atoms in total. The Balaban J connectivity index is 0.000000185. The largest absolute Gasteiger partial charge is 0.445 e. The van der Waals surface area contributed by atoms with Crippen molar-refractivity contribution in [2.75, 3.05) is 6.61 Å². The van der Waals surface area contributed by atoms with E-state index in [0.29, 0.717) is 18.0 Å². The first kappa shape index (κ1) is 44.8. The van der Waals surface area contributed by atoms with Crippen molar-refractivity contribution in [3.63, 3.8) is 0 Å². The quantitative estimate of drug-likeness (QED) is 0.158. The van der Waals surface area contributed by atoms with Gasteiger partial charge in [-0.25, -0.2) is 14.2 Å². The molecule has 4 bridgehead atoms. The molecule has 0 saturated carbocycles. The van der Waals surface area contributed by atoms with Gasteiger partial charge in [-0.05, 0) is 113 Å². The molecule has 4 aliphatic heterocycles. The molecule has 1 N–H and O–H groups in total. The second-order valence-corrected chi connectivity index (χ2v) is 22.7. The molecule has 1 amide bonds. The van der Waals surface area contributed by atoms with Crippen LogP contribution in [0.25, 0.3) is 0 Å². The number of aromatic nitrogens is 4. The van der Waals surface area contributed by atoms with Gasteiger partial charge in [-0.1, -0.05) is 77.4 Å². The van der Waals surface area contributed by atoms with E-state index in [0.717, 1.165) is 95.7 Å². The van der Waals surface area contributed by atoms with Crippen LogP contribution in [0.4, 0.5) is 4.79 Å². The van der Waals surface area contributed by atoms with Crippen molar-refractivity contribution in [2.45, 2.75) is 155 Å². The van der Waals surface area contributed by atoms with E-state index in [2.05, 4.69) is 30.1 Å². The Bertz CT molecular complexity index is 2150. The summed E-state index contributed by atoms with van der Waals surface area (Å²) in [5, 5.41) is 13.4. The van der Waals surface area contributed by atoms with Gasteiger partial charge in [0.25, 0.3) is 11.8 Å². The fourth-order valence-corrected chi connectivity index (χ4v) is 11.5. The van der Waals surface area contributed by atoms with Crippen molar-refractivity contribution >= 4 is 63.8 Å². The van der Waals surface area contributed by atoms with Crippen LogP contribution in [0.15, 0.2) is 49.1 Å². The van der Waals surface area contributed by atoms with E-state index >= 15 is 0 Å². The molecular formula is C46H60Cl2N6O4S2. The topological polar surface area (TPSA) is 111 Å². The number of hydrogen-bond acceptors (Lipinski definition) is 9. The van der Waals surface area contributed by atoms with Crippen LogP contribution in [0.3, 0.4) is 0 Å². The highest BCUT2D eigenvalue weighted by Crippen LogP contribution is 2.44. The zero-order valence-electron chi connectivity index (χ0n) is 35.8. The summed E-state index contributed by atoms with van der Waals surface area (Å²) >= 11 is 15.3. The van der Waals surface area contributed by atoms with E-state index in [4.69, 9.17) is 38.1 Å². The number of nitrogens with zero attached hydrogens (tertiary/aromatic N) is 5. The Hall–Kier alpha value is -3.29. The number of carbonyl (C=O) groups is 3. The van der Waals surface area contributed by atoms with Crippen molar-refractivity contribution < 1.29 is 19.1 Å². The normalized spacial score (nSPS) is 23.6. The van der Waals surface area contributed by atoms with Crippen molar-refractivity contribution in [3.8, 4) is 0 Å². The van der Waals surface area contributed by atoms with E-state index < -0.39 is 10.8 Å². The van der Waals surface area contributed by atoms with Crippen LogP contribution < -0.4 is 5.32 Å². The maximum Gasteiger partial charge on any atom is 0.410 e. The first-order valence-corrected chi connectivity index (χ1v) is 23.9. The number of fused-ring (bicyclic) bond motifs is 4. The molecule has 4 fully saturated rings. The number of aryl methyl sites for hydroxylation is 4. The Morgan fingerprint density at radius 3 is 1.58 bits per heavy atom. The molecule has 8 heterocycles. The Morgan fingerprint density at radius 2 is 1.18 bits per heavy atom. The van der Waals surface area contributed by atoms with E-state index in [1.54, 1.807) is 38.1 Å². The number of hydrogen-bond donors (Lipinski definition) is 1. The molecular weight excluding hydrogens is 836 g/mol. The predicted molar refractivity (Wildman–Crippen MR) is 242 cm³/mol. The van der Waals surface area contributed by atoms with E-state index in [1.165, 1.54) is 22.6 Å². The number of ether oxygens (including phenoxy) is 1. The first-order valence-electron chi connectivity index (χ1n) is 21.5. The zero-order chi connectivity index (χ0) is 42.9. The standard InChI is InChI=1S/C25H32ClN3O3S.C21H28ClN3OS/c1-5-12-32-24(31)28-17-6-7-18(28)14-16(13-17)21-15-19(8-9-20-10-11-22(26)33-20)29(27-21)23(30)25(2,3)4;1-21(2,3)20(26)25-16(6-7-17-8-9-19(22)27-17)12-18(24-25)13-10-14-4-5-15(11-13)23-14/h5,10-11,15-18H,1,6-9,12-14H2,2-4H3;8-9,12-15,23H,4-7,10-11H2,1-3H3.